The first-order valence-electron chi connectivity index (χ1n) is 6.72. The molecular weight excluding hydrogens is 216 g/mol. The number of hydrogen-bond acceptors (Lipinski definition) is 4. The maximum atomic E-state index is 9.75. The van der Waals surface area contributed by atoms with E-state index < -0.39 is 5.60 Å². The fourth-order valence-corrected chi connectivity index (χ4v) is 1.70. The van der Waals surface area contributed by atoms with Crippen LogP contribution >= 0.6 is 0 Å². The number of nitrogens with zero attached hydrogens (tertiary/aromatic N) is 1. The van der Waals surface area contributed by atoms with Crippen LogP contribution in [0.2, 0.25) is 0 Å². The molecule has 1 unspecified atom stereocenters. The van der Waals surface area contributed by atoms with Gasteiger partial charge in [-0.1, -0.05) is 0 Å². The summed E-state index contributed by atoms with van der Waals surface area (Å²) < 4.78 is 5.59. The van der Waals surface area contributed by atoms with E-state index in [1.165, 1.54) is 12.8 Å². The van der Waals surface area contributed by atoms with Crippen LogP contribution in [0.25, 0.3) is 0 Å². The van der Waals surface area contributed by atoms with Crippen molar-refractivity contribution in [3.8, 4) is 0 Å². The standard InChI is InChI=1S/C13H28N2O2/c1-13(16,11-14)6-3-7-15(2)8-9-17-10-12-4-5-12/h12,16H,3-11,14H2,1-2H3. The van der Waals surface area contributed by atoms with Crippen molar-refractivity contribution in [2.75, 3.05) is 39.9 Å². The van der Waals surface area contributed by atoms with Crippen molar-refractivity contribution in [1.29, 1.82) is 0 Å². The van der Waals surface area contributed by atoms with E-state index in [9.17, 15) is 5.11 Å². The summed E-state index contributed by atoms with van der Waals surface area (Å²) in [7, 11) is 2.09. The topological polar surface area (TPSA) is 58.7 Å². The first-order chi connectivity index (χ1) is 8.03. The molecular formula is C13H28N2O2. The maximum absolute atomic E-state index is 9.75. The molecule has 0 aromatic rings. The summed E-state index contributed by atoms with van der Waals surface area (Å²) in [6.07, 6.45) is 4.44. The van der Waals surface area contributed by atoms with Gasteiger partial charge in [-0.2, -0.15) is 0 Å². The zero-order valence-electron chi connectivity index (χ0n) is 11.3. The zero-order chi connectivity index (χ0) is 12.7. The van der Waals surface area contributed by atoms with E-state index in [1.54, 1.807) is 6.92 Å². The van der Waals surface area contributed by atoms with Gasteiger partial charge >= 0.3 is 0 Å². The summed E-state index contributed by atoms with van der Waals surface area (Å²) in [6, 6.07) is 0. The zero-order valence-corrected chi connectivity index (χ0v) is 11.3. The minimum absolute atomic E-state index is 0.335. The Morgan fingerprint density at radius 2 is 2.12 bits per heavy atom. The fraction of sp³-hybridized carbons (Fsp3) is 1.00. The van der Waals surface area contributed by atoms with E-state index >= 15 is 0 Å². The van der Waals surface area contributed by atoms with E-state index in [0.29, 0.717) is 6.54 Å². The number of hydrogen-bond donors (Lipinski definition) is 2. The molecule has 0 aromatic carbocycles. The lowest BCUT2D eigenvalue weighted by Crippen LogP contribution is -2.35. The van der Waals surface area contributed by atoms with E-state index in [-0.39, 0.29) is 0 Å². The molecule has 4 heteroatoms. The summed E-state index contributed by atoms with van der Waals surface area (Å²) in [5, 5.41) is 9.75. The van der Waals surface area contributed by atoms with Crippen LogP contribution in [0.5, 0.6) is 0 Å². The van der Waals surface area contributed by atoms with Crippen LogP contribution in [-0.2, 0) is 4.74 Å². The Bertz CT molecular complexity index is 206. The molecule has 0 aromatic heterocycles. The van der Waals surface area contributed by atoms with Crippen molar-refractivity contribution in [3.05, 3.63) is 0 Å². The Labute approximate surface area is 105 Å². The molecule has 0 bridgehead atoms. The molecule has 0 heterocycles. The fourth-order valence-electron chi connectivity index (χ4n) is 1.70. The highest BCUT2D eigenvalue weighted by molar-refractivity contribution is 4.73. The van der Waals surface area contributed by atoms with Crippen molar-refractivity contribution < 1.29 is 9.84 Å². The van der Waals surface area contributed by atoms with Crippen LogP contribution in [0, 0.1) is 5.92 Å². The van der Waals surface area contributed by atoms with E-state index in [0.717, 1.165) is 45.1 Å². The second-order valence-corrected chi connectivity index (χ2v) is 5.63. The minimum Gasteiger partial charge on any atom is -0.389 e. The van der Waals surface area contributed by atoms with Crippen molar-refractivity contribution in [1.82, 2.24) is 4.90 Å². The van der Waals surface area contributed by atoms with Gasteiger partial charge in [0.15, 0.2) is 0 Å². The Hall–Kier alpha value is -0.160. The molecule has 3 N–H and O–H groups in total. The Morgan fingerprint density at radius 1 is 1.41 bits per heavy atom. The summed E-state index contributed by atoms with van der Waals surface area (Å²) in [6.45, 7) is 5.85. The minimum atomic E-state index is -0.705. The molecule has 0 saturated heterocycles. The van der Waals surface area contributed by atoms with E-state index in [1.807, 2.05) is 0 Å². The van der Waals surface area contributed by atoms with Gasteiger partial charge in [0.25, 0.3) is 0 Å². The van der Waals surface area contributed by atoms with Gasteiger partial charge in [-0.05, 0) is 52.1 Å². The summed E-state index contributed by atoms with van der Waals surface area (Å²) in [5.41, 5.74) is 4.77. The predicted molar refractivity (Wildman–Crippen MR) is 70.0 cm³/mol. The first kappa shape index (κ1) is 14.9. The van der Waals surface area contributed by atoms with Crippen LogP contribution in [0.1, 0.15) is 32.6 Å². The number of rotatable bonds is 10. The van der Waals surface area contributed by atoms with Gasteiger partial charge in [0.1, 0.15) is 0 Å². The van der Waals surface area contributed by atoms with Gasteiger partial charge in [-0.25, -0.2) is 0 Å². The third-order valence-electron chi connectivity index (χ3n) is 3.36. The maximum Gasteiger partial charge on any atom is 0.0741 e. The van der Waals surface area contributed by atoms with Gasteiger partial charge < -0.3 is 20.5 Å². The molecule has 0 amide bonds. The molecule has 1 atom stereocenters. The molecule has 0 aliphatic heterocycles. The molecule has 17 heavy (non-hydrogen) atoms. The average molecular weight is 244 g/mol. The Balaban J connectivity index is 1.90. The molecule has 1 aliphatic rings. The Morgan fingerprint density at radius 3 is 2.71 bits per heavy atom. The normalized spacial score (nSPS) is 19.6. The number of ether oxygens (including phenoxy) is 1. The van der Waals surface area contributed by atoms with Crippen molar-refractivity contribution in [3.63, 3.8) is 0 Å². The third-order valence-corrected chi connectivity index (χ3v) is 3.36. The van der Waals surface area contributed by atoms with Gasteiger partial charge in [0.2, 0.25) is 0 Å². The van der Waals surface area contributed by atoms with Crippen molar-refractivity contribution in [2.45, 2.75) is 38.2 Å². The third kappa shape index (κ3) is 7.71. The van der Waals surface area contributed by atoms with Gasteiger partial charge in [-0.3, -0.25) is 0 Å². The summed E-state index contributed by atoms with van der Waals surface area (Å²) in [5.74, 6) is 0.847. The molecule has 1 rings (SSSR count). The Kier molecular flexibility index (Phi) is 6.41. The molecule has 1 saturated carbocycles. The molecule has 102 valence electrons. The lowest BCUT2D eigenvalue weighted by atomic mass is 10.0. The van der Waals surface area contributed by atoms with Gasteiger partial charge in [-0.15, -0.1) is 0 Å². The van der Waals surface area contributed by atoms with Crippen molar-refractivity contribution >= 4 is 0 Å². The van der Waals surface area contributed by atoms with E-state index in [4.69, 9.17) is 10.5 Å². The lowest BCUT2D eigenvalue weighted by molar-refractivity contribution is 0.0532. The smallest absolute Gasteiger partial charge is 0.0741 e. The van der Waals surface area contributed by atoms with Crippen LogP contribution in [0.15, 0.2) is 0 Å². The second kappa shape index (κ2) is 7.31. The summed E-state index contributed by atoms with van der Waals surface area (Å²) >= 11 is 0. The molecule has 0 radical (unpaired) electrons. The number of likely N-dealkylation sites (N-methyl/N-ethyl adjacent to an activating group) is 1. The van der Waals surface area contributed by atoms with Crippen LogP contribution in [0.3, 0.4) is 0 Å². The summed E-state index contributed by atoms with van der Waals surface area (Å²) in [4.78, 5) is 2.25. The highest BCUT2D eigenvalue weighted by Gasteiger charge is 2.21. The quantitative estimate of drug-likeness (QED) is 0.559. The second-order valence-electron chi connectivity index (χ2n) is 5.63. The SMILES string of the molecule is CN(CCCC(C)(O)CN)CCOCC1CC1. The highest BCUT2D eigenvalue weighted by atomic mass is 16.5. The first-order valence-corrected chi connectivity index (χ1v) is 6.72. The largest absolute Gasteiger partial charge is 0.389 e. The lowest BCUT2D eigenvalue weighted by Gasteiger charge is -2.23. The monoisotopic (exact) mass is 244 g/mol. The van der Waals surface area contributed by atoms with Crippen LogP contribution in [-0.4, -0.2) is 55.5 Å². The van der Waals surface area contributed by atoms with Crippen LogP contribution in [0.4, 0.5) is 0 Å². The molecule has 0 spiro atoms. The van der Waals surface area contributed by atoms with Crippen molar-refractivity contribution in [2.24, 2.45) is 11.7 Å². The van der Waals surface area contributed by atoms with Gasteiger partial charge in [0.05, 0.1) is 12.2 Å². The average Bonchev–Trinajstić information content (AvgIpc) is 3.08. The number of aliphatic hydroxyl groups is 1. The predicted octanol–water partition coefficient (Wildman–Crippen LogP) is 0.835. The highest BCUT2D eigenvalue weighted by Crippen LogP contribution is 2.28. The molecule has 1 fully saturated rings. The molecule has 1 aliphatic carbocycles. The number of nitrogens with two attached hydrogens (primary N) is 1. The molecule has 4 nitrogen and oxygen atoms in total. The van der Waals surface area contributed by atoms with E-state index in [2.05, 4.69) is 11.9 Å². The van der Waals surface area contributed by atoms with Crippen LogP contribution < -0.4 is 5.73 Å². The van der Waals surface area contributed by atoms with Gasteiger partial charge in [0, 0.05) is 19.7 Å².